The molecule has 0 bridgehead atoms. The van der Waals surface area contributed by atoms with Gasteiger partial charge in [-0.15, -0.1) is 0 Å². The van der Waals surface area contributed by atoms with E-state index in [4.69, 9.17) is 11.6 Å². The molecule has 0 saturated carbocycles. The van der Waals surface area contributed by atoms with Gasteiger partial charge in [0.1, 0.15) is 5.15 Å². The molecule has 1 heterocycles. The fraction of sp³-hybridized carbons (Fsp3) is 0.0333. The fourth-order valence-corrected chi connectivity index (χ4v) is 5.34. The lowest BCUT2D eigenvalue weighted by molar-refractivity contribution is 0.768. The largest absolute Gasteiger partial charge is 0.236 e. The molecule has 2 heteroatoms. The topological polar surface area (TPSA) is 12.9 Å². The van der Waals surface area contributed by atoms with Crippen molar-refractivity contribution in [2.75, 3.05) is 0 Å². The van der Waals surface area contributed by atoms with Crippen LogP contribution in [0.25, 0.3) is 22.4 Å². The molecule has 152 valence electrons. The lowest BCUT2D eigenvalue weighted by Crippen LogP contribution is -2.28. The predicted molar refractivity (Wildman–Crippen MR) is 132 cm³/mol. The van der Waals surface area contributed by atoms with Gasteiger partial charge in [0.15, 0.2) is 0 Å². The monoisotopic (exact) mass is 429 g/mol. The van der Waals surface area contributed by atoms with Crippen LogP contribution in [0.4, 0.5) is 0 Å². The summed E-state index contributed by atoms with van der Waals surface area (Å²) >= 11 is 6.22. The van der Waals surface area contributed by atoms with Gasteiger partial charge in [-0.25, -0.2) is 4.98 Å². The van der Waals surface area contributed by atoms with E-state index in [2.05, 4.69) is 108 Å². The molecule has 1 aliphatic rings. The number of halogens is 1. The van der Waals surface area contributed by atoms with Gasteiger partial charge in [-0.1, -0.05) is 115 Å². The molecule has 32 heavy (non-hydrogen) atoms. The molecule has 0 saturated heterocycles. The van der Waals surface area contributed by atoms with Gasteiger partial charge in [-0.3, -0.25) is 0 Å². The number of aromatic nitrogens is 1. The standard InChI is InChI=1S/C30H20ClN/c31-29-17-9-16-28(32-29)21-18-19-25-24-14-7-8-15-26(24)30(27(25)20-21,22-10-3-1-4-11-22)23-12-5-2-6-13-23/h1-20H. The third-order valence-electron chi connectivity index (χ3n) is 6.47. The van der Waals surface area contributed by atoms with Crippen molar-refractivity contribution in [3.63, 3.8) is 0 Å². The minimum atomic E-state index is -0.400. The number of benzene rings is 4. The van der Waals surface area contributed by atoms with E-state index >= 15 is 0 Å². The van der Waals surface area contributed by atoms with E-state index < -0.39 is 5.41 Å². The summed E-state index contributed by atoms with van der Waals surface area (Å²) in [6, 6.07) is 42.9. The number of fused-ring (bicyclic) bond motifs is 3. The van der Waals surface area contributed by atoms with E-state index in [9.17, 15) is 0 Å². The van der Waals surface area contributed by atoms with E-state index in [0.717, 1.165) is 11.3 Å². The molecule has 0 aliphatic heterocycles. The molecule has 1 aliphatic carbocycles. The van der Waals surface area contributed by atoms with E-state index in [-0.39, 0.29) is 0 Å². The van der Waals surface area contributed by atoms with Crippen LogP contribution in [0.15, 0.2) is 121 Å². The lowest BCUT2D eigenvalue weighted by Gasteiger charge is -2.34. The first-order valence-electron chi connectivity index (χ1n) is 10.8. The van der Waals surface area contributed by atoms with E-state index in [1.54, 1.807) is 0 Å². The molecule has 0 atom stereocenters. The van der Waals surface area contributed by atoms with Gasteiger partial charge in [0.25, 0.3) is 0 Å². The normalized spacial score (nSPS) is 13.4. The molecule has 0 spiro atoms. The second-order valence-corrected chi connectivity index (χ2v) is 8.52. The van der Waals surface area contributed by atoms with Gasteiger partial charge in [-0.2, -0.15) is 0 Å². The van der Waals surface area contributed by atoms with Crippen molar-refractivity contribution in [3.8, 4) is 22.4 Å². The average Bonchev–Trinajstić information content (AvgIpc) is 3.16. The van der Waals surface area contributed by atoms with Gasteiger partial charge < -0.3 is 0 Å². The van der Waals surface area contributed by atoms with Crippen molar-refractivity contribution >= 4 is 11.6 Å². The van der Waals surface area contributed by atoms with Crippen LogP contribution in [-0.2, 0) is 5.41 Å². The van der Waals surface area contributed by atoms with Crippen molar-refractivity contribution in [1.82, 2.24) is 4.98 Å². The Morgan fingerprint density at radius 2 is 1.16 bits per heavy atom. The summed E-state index contributed by atoms with van der Waals surface area (Å²) in [5.74, 6) is 0. The van der Waals surface area contributed by atoms with Crippen molar-refractivity contribution < 1.29 is 0 Å². The highest BCUT2D eigenvalue weighted by atomic mass is 35.5. The minimum Gasteiger partial charge on any atom is -0.236 e. The van der Waals surface area contributed by atoms with Crippen molar-refractivity contribution in [2.24, 2.45) is 0 Å². The zero-order valence-electron chi connectivity index (χ0n) is 17.4. The fourth-order valence-electron chi connectivity index (χ4n) is 5.17. The van der Waals surface area contributed by atoms with Gasteiger partial charge in [0.05, 0.1) is 11.1 Å². The molecule has 5 aromatic rings. The molecular weight excluding hydrogens is 410 g/mol. The van der Waals surface area contributed by atoms with Crippen LogP contribution in [0.5, 0.6) is 0 Å². The summed E-state index contributed by atoms with van der Waals surface area (Å²) < 4.78 is 0. The van der Waals surface area contributed by atoms with E-state index in [0.29, 0.717) is 5.15 Å². The molecule has 6 rings (SSSR count). The predicted octanol–water partition coefficient (Wildman–Crippen LogP) is 7.77. The van der Waals surface area contributed by atoms with Gasteiger partial charge in [-0.05, 0) is 51.6 Å². The smallest absolute Gasteiger partial charge is 0.129 e. The highest BCUT2D eigenvalue weighted by Gasteiger charge is 2.45. The Balaban J connectivity index is 1.73. The molecule has 0 radical (unpaired) electrons. The number of hydrogen-bond donors (Lipinski definition) is 0. The highest BCUT2D eigenvalue weighted by molar-refractivity contribution is 6.29. The van der Waals surface area contributed by atoms with Crippen LogP contribution in [0.1, 0.15) is 22.3 Å². The minimum absolute atomic E-state index is 0.400. The maximum Gasteiger partial charge on any atom is 0.129 e. The molecule has 4 aromatic carbocycles. The van der Waals surface area contributed by atoms with E-state index in [1.165, 1.54) is 33.4 Å². The Morgan fingerprint density at radius 1 is 0.531 bits per heavy atom. The second-order valence-electron chi connectivity index (χ2n) is 8.13. The SMILES string of the molecule is Clc1cccc(-c2ccc3c(c2)C(c2ccccc2)(c2ccccc2)c2ccccc2-3)n1. The maximum atomic E-state index is 6.22. The molecule has 0 unspecified atom stereocenters. The first kappa shape index (κ1) is 19.0. The Hall–Kier alpha value is -3.68. The summed E-state index contributed by atoms with van der Waals surface area (Å²) in [4.78, 5) is 4.58. The summed E-state index contributed by atoms with van der Waals surface area (Å²) in [6.45, 7) is 0. The molecule has 0 N–H and O–H groups in total. The van der Waals surface area contributed by atoms with Gasteiger partial charge >= 0.3 is 0 Å². The highest BCUT2D eigenvalue weighted by Crippen LogP contribution is 2.56. The Labute approximate surface area is 193 Å². The maximum absolute atomic E-state index is 6.22. The van der Waals surface area contributed by atoms with Crippen LogP contribution in [-0.4, -0.2) is 4.98 Å². The molecule has 0 fully saturated rings. The molecular formula is C30H20ClN. The summed E-state index contributed by atoms with van der Waals surface area (Å²) in [5, 5.41) is 0.503. The second kappa shape index (κ2) is 7.47. The van der Waals surface area contributed by atoms with Gasteiger partial charge in [0.2, 0.25) is 0 Å². The zero-order chi connectivity index (χ0) is 21.5. The molecule has 1 nitrogen and oxygen atoms in total. The zero-order valence-corrected chi connectivity index (χ0v) is 18.1. The third kappa shape index (κ3) is 2.75. The third-order valence-corrected chi connectivity index (χ3v) is 6.68. The first-order valence-corrected chi connectivity index (χ1v) is 11.1. The Kier molecular flexibility index (Phi) is 4.45. The quantitative estimate of drug-likeness (QED) is 0.262. The summed E-state index contributed by atoms with van der Waals surface area (Å²) in [7, 11) is 0. The molecule has 1 aromatic heterocycles. The van der Waals surface area contributed by atoms with Crippen LogP contribution < -0.4 is 0 Å². The molecule has 0 amide bonds. The Bertz CT molecular complexity index is 1380. The van der Waals surface area contributed by atoms with Crippen LogP contribution in [0, 0.1) is 0 Å². The lowest BCUT2D eigenvalue weighted by atomic mass is 9.67. The average molecular weight is 430 g/mol. The van der Waals surface area contributed by atoms with Gasteiger partial charge in [0, 0.05) is 5.56 Å². The van der Waals surface area contributed by atoms with Crippen molar-refractivity contribution in [1.29, 1.82) is 0 Å². The van der Waals surface area contributed by atoms with E-state index in [1.807, 2.05) is 18.2 Å². The van der Waals surface area contributed by atoms with Crippen LogP contribution >= 0.6 is 11.6 Å². The first-order chi connectivity index (χ1) is 15.8. The number of nitrogens with zero attached hydrogens (tertiary/aromatic N) is 1. The van der Waals surface area contributed by atoms with Crippen molar-refractivity contribution in [3.05, 3.63) is 149 Å². The number of hydrogen-bond acceptors (Lipinski definition) is 1. The summed E-state index contributed by atoms with van der Waals surface area (Å²) in [6.07, 6.45) is 0. The Morgan fingerprint density at radius 3 is 1.84 bits per heavy atom. The number of pyridine rings is 1. The van der Waals surface area contributed by atoms with Crippen LogP contribution in [0.3, 0.4) is 0 Å². The number of rotatable bonds is 3. The van der Waals surface area contributed by atoms with Crippen molar-refractivity contribution in [2.45, 2.75) is 5.41 Å². The summed E-state index contributed by atoms with van der Waals surface area (Å²) in [5.41, 5.74) is 9.19. The van der Waals surface area contributed by atoms with Crippen LogP contribution in [0.2, 0.25) is 5.15 Å².